The van der Waals surface area contributed by atoms with Gasteiger partial charge >= 0.3 is 0 Å². The van der Waals surface area contributed by atoms with Crippen molar-refractivity contribution in [2.45, 2.75) is 6.92 Å². The van der Waals surface area contributed by atoms with Gasteiger partial charge in [-0.15, -0.1) is 0 Å². The first-order valence-corrected chi connectivity index (χ1v) is 7.39. The lowest BCUT2D eigenvalue weighted by Gasteiger charge is -2.03. The molecule has 5 heteroatoms. The Bertz CT molecular complexity index is 696. The second kappa shape index (κ2) is 6.33. The van der Waals surface area contributed by atoms with Gasteiger partial charge in [0.05, 0.1) is 10.2 Å². The fraction of sp³-hybridized carbons (Fsp3) is 0.0667. The summed E-state index contributed by atoms with van der Waals surface area (Å²) in [4.78, 5) is 15.6. The lowest BCUT2D eigenvalue weighted by Crippen LogP contribution is -1.90. The van der Waals surface area contributed by atoms with E-state index in [-0.39, 0.29) is 11.5 Å². The molecule has 2 aromatic rings. The Morgan fingerprint density at radius 3 is 2.70 bits per heavy atom. The molecule has 0 radical (unpaired) electrons. The molecule has 0 bridgehead atoms. The van der Waals surface area contributed by atoms with Crippen LogP contribution in [0.5, 0.6) is 5.75 Å². The number of phenols is 1. The van der Waals surface area contributed by atoms with Gasteiger partial charge in [-0.1, -0.05) is 28.1 Å². The molecule has 0 heterocycles. The number of aromatic hydroxyl groups is 1. The molecule has 0 aromatic heterocycles. The van der Waals surface area contributed by atoms with Gasteiger partial charge in [0, 0.05) is 21.8 Å². The number of nitrogens with zero attached hydrogens (tertiary/aromatic N) is 1. The third-order valence-electron chi connectivity index (χ3n) is 2.66. The van der Waals surface area contributed by atoms with E-state index in [1.54, 1.807) is 42.6 Å². The lowest BCUT2D eigenvalue weighted by atomic mass is 10.1. The maximum Gasteiger partial charge on any atom is 0.159 e. The Hall–Kier alpha value is -1.46. The quantitative estimate of drug-likeness (QED) is 0.594. The van der Waals surface area contributed by atoms with E-state index < -0.39 is 0 Å². The monoisotopic (exact) mass is 395 g/mol. The van der Waals surface area contributed by atoms with Crippen LogP contribution in [0.4, 0.5) is 5.69 Å². The average Bonchev–Trinajstić information content (AvgIpc) is 2.41. The highest BCUT2D eigenvalue weighted by Gasteiger charge is 2.05. The van der Waals surface area contributed by atoms with Crippen LogP contribution in [0.3, 0.4) is 0 Å². The van der Waals surface area contributed by atoms with Gasteiger partial charge in [0.1, 0.15) is 5.75 Å². The van der Waals surface area contributed by atoms with Gasteiger partial charge in [-0.25, -0.2) is 0 Å². The maximum atomic E-state index is 11.3. The molecule has 0 amide bonds. The van der Waals surface area contributed by atoms with Crippen LogP contribution >= 0.6 is 31.9 Å². The SMILES string of the molecule is CC(=O)c1cccc(N=Cc2cc(Br)cc(Br)c2O)c1. The Balaban J connectivity index is 2.34. The van der Waals surface area contributed by atoms with Gasteiger partial charge in [0.2, 0.25) is 0 Å². The van der Waals surface area contributed by atoms with Crippen LogP contribution in [0.15, 0.2) is 50.3 Å². The first-order chi connectivity index (χ1) is 9.47. The predicted octanol–water partition coefficient (Wildman–Crippen LogP) is 4.87. The molecule has 0 aliphatic carbocycles. The number of ketones is 1. The molecule has 0 saturated carbocycles. The summed E-state index contributed by atoms with van der Waals surface area (Å²) in [5, 5.41) is 9.93. The zero-order valence-electron chi connectivity index (χ0n) is 10.6. The molecule has 0 fully saturated rings. The second-order valence-electron chi connectivity index (χ2n) is 4.19. The summed E-state index contributed by atoms with van der Waals surface area (Å²) < 4.78 is 1.42. The van der Waals surface area contributed by atoms with Gasteiger partial charge in [-0.3, -0.25) is 9.79 Å². The topological polar surface area (TPSA) is 49.7 Å². The molecule has 102 valence electrons. The summed E-state index contributed by atoms with van der Waals surface area (Å²) in [6.07, 6.45) is 1.56. The highest BCUT2D eigenvalue weighted by Crippen LogP contribution is 2.31. The fourth-order valence-corrected chi connectivity index (χ4v) is 2.89. The number of aliphatic imine (C=N–C) groups is 1. The summed E-state index contributed by atoms with van der Waals surface area (Å²) >= 11 is 6.62. The fourth-order valence-electron chi connectivity index (χ4n) is 1.63. The molecule has 0 atom stereocenters. The molecule has 1 N–H and O–H groups in total. The molecule has 0 aliphatic rings. The summed E-state index contributed by atoms with van der Waals surface area (Å²) in [5.74, 6) is 0.120. The minimum Gasteiger partial charge on any atom is -0.506 e. The number of carbonyl (C=O) groups is 1. The van der Waals surface area contributed by atoms with Crippen molar-refractivity contribution in [2.75, 3.05) is 0 Å². The van der Waals surface area contributed by atoms with E-state index in [0.717, 1.165) is 4.47 Å². The smallest absolute Gasteiger partial charge is 0.159 e. The summed E-state index contributed by atoms with van der Waals surface area (Å²) in [7, 11) is 0. The van der Waals surface area contributed by atoms with E-state index in [0.29, 0.717) is 21.3 Å². The molecule has 0 unspecified atom stereocenters. The Labute approximate surface area is 133 Å². The second-order valence-corrected chi connectivity index (χ2v) is 5.96. The van der Waals surface area contributed by atoms with Gasteiger partial charge in [0.25, 0.3) is 0 Å². The molecule has 3 nitrogen and oxygen atoms in total. The Kier molecular flexibility index (Phi) is 4.73. The summed E-state index contributed by atoms with van der Waals surface area (Å²) in [6, 6.07) is 10.5. The first kappa shape index (κ1) is 14.9. The van der Waals surface area contributed by atoms with Crippen molar-refractivity contribution in [1.82, 2.24) is 0 Å². The maximum absolute atomic E-state index is 11.3. The van der Waals surface area contributed by atoms with Crippen molar-refractivity contribution in [3.8, 4) is 5.75 Å². The van der Waals surface area contributed by atoms with Crippen LogP contribution in [-0.4, -0.2) is 17.1 Å². The number of hydrogen-bond acceptors (Lipinski definition) is 3. The van der Waals surface area contributed by atoms with Crippen molar-refractivity contribution in [2.24, 2.45) is 4.99 Å². The summed E-state index contributed by atoms with van der Waals surface area (Å²) in [5.41, 5.74) is 1.85. The third-order valence-corrected chi connectivity index (χ3v) is 3.73. The lowest BCUT2D eigenvalue weighted by molar-refractivity contribution is 0.101. The largest absolute Gasteiger partial charge is 0.506 e. The molecule has 2 aromatic carbocycles. The van der Waals surface area contributed by atoms with Crippen molar-refractivity contribution < 1.29 is 9.90 Å². The molecule has 0 spiro atoms. The van der Waals surface area contributed by atoms with Gasteiger partial charge in [0.15, 0.2) is 5.78 Å². The van der Waals surface area contributed by atoms with Gasteiger partial charge < -0.3 is 5.11 Å². The van der Waals surface area contributed by atoms with Crippen molar-refractivity contribution >= 4 is 49.5 Å². The highest BCUT2D eigenvalue weighted by atomic mass is 79.9. The number of rotatable bonds is 3. The van der Waals surface area contributed by atoms with Crippen LogP contribution in [-0.2, 0) is 0 Å². The minimum atomic E-state index is -0.00454. The number of phenolic OH excluding ortho intramolecular Hbond substituents is 1. The first-order valence-electron chi connectivity index (χ1n) is 5.80. The number of benzene rings is 2. The van der Waals surface area contributed by atoms with E-state index in [4.69, 9.17) is 0 Å². The zero-order valence-corrected chi connectivity index (χ0v) is 13.8. The van der Waals surface area contributed by atoms with Crippen LogP contribution in [0.1, 0.15) is 22.8 Å². The standard InChI is InChI=1S/C15H11Br2NO2/c1-9(19)10-3-2-4-13(6-10)18-8-11-5-12(16)7-14(17)15(11)20/h2-8,20H,1H3. The summed E-state index contributed by atoms with van der Waals surface area (Å²) in [6.45, 7) is 1.51. The van der Waals surface area contributed by atoms with E-state index in [1.165, 1.54) is 6.92 Å². The Morgan fingerprint density at radius 2 is 2.00 bits per heavy atom. The molecule has 2 rings (SSSR count). The van der Waals surface area contributed by atoms with Gasteiger partial charge in [-0.2, -0.15) is 0 Å². The minimum absolute atomic E-state index is 0.00454. The van der Waals surface area contributed by atoms with E-state index in [1.807, 2.05) is 0 Å². The Morgan fingerprint density at radius 1 is 1.25 bits per heavy atom. The van der Waals surface area contributed by atoms with Crippen molar-refractivity contribution in [3.05, 3.63) is 56.5 Å². The normalized spacial score (nSPS) is 10.9. The molecule has 0 saturated heterocycles. The van der Waals surface area contributed by atoms with Gasteiger partial charge in [-0.05, 0) is 47.1 Å². The van der Waals surface area contributed by atoms with E-state index in [2.05, 4.69) is 36.9 Å². The molecule has 20 heavy (non-hydrogen) atoms. The van der Waals surface area contributed by atoms with Crippen molar-refractivity contribution in [1.29, 1.82) is 0 Å². The number of halogens is 2. The number of hydrogen-bond donors (Lipinski definition) is 1. The number of carbonyl (C=O) groups excluding carboxylic acids is 1. The highest BCUT2D eigenvalue weighted by molar-refractivity contribution is 9.11. The van der Waals surface area contributed by atoms with Crippen LogP contribution < -0.4 is 0 Å². The van der Waals surface area contributed by atoms with E-state index in [9.17, 15) is 9.90 Å². The zero-order chi connectivity index (χ0) is 14.7. The van der Waals surface area contributed by atoms with Crippen molar-refractivity contribution in [3.63, 3.8) is 0 Å². The van der Waals surface area contributed by atoms with E-state index >= 15 is 0 Å². The van der Waals surface area contributed by atoms with Crippen LogP contribution in [0.2, 0.25) is 0 Å². The predicted molar refractivity (Wildman–Crippen MR) is 87.2 cm³/mol. The number of Topliss-reactive ketones (excluding diaryl/α,β-unsaturated/α-hetero) is 1. The molecular weight excluding hydrogens is 386 g/mol. The third kappa shape index (κ3) is 3.55. The van der Waals surface area contributed by atoms with Crippen LogP contribution in [0, 0.1) is 0 Å². The average molecular weight is 397 g/mol. The molecule has 0 aliphatic heterocycles. The molecular formula is C15H11Br2NO2. The van der Waals surface area contributed by atoms with Crippen LogP contribution in [0.25, 0.3) is 0 Å².